The van der Waals surface area contributed by atoms with Crippen LogP contribution in [0.25, 0.3) is 22.2 Å². The van der Waals surface area contributed by atoms with Crippen LogP contribution in [-0.4, -0.2) is 54.4 Å². The Balaban J connectivity index is 1.53. The van der Waals surface area contributed by atoms with Crippen LogP contribution in [0, 0.1) is 0 Å². The predicted molar refractivity (Wildman–Crippen MR) is 91.1 cm³/mol. The highest BCUT2D eigenvalue weighted by Gasteiger charge is 2.28. The van der Waals surface area contributed by atoms with E-state index in [1.807, 2.05) is 19.2 Å². The Morgan fingerprint density at radius 2 is 2.20 bits per heavy atom. The first-order valence-corrected chi connectivity index (χ1v) is 8.09. The van der Waals surface area contributed by atoms with E-state index in [0.717, 1.165) is 34.6 Å². The van der Waals surface area contributed by atoms with Crippen molar-refractivity contribution in [2.45, 2.75) is 6.10 Å². The molecule has 4 aromatic heterocycles. The molecule has 0 aliphatic carbocycles. The molecule has 1 saturated heterocycles. The minimum absolute atomic E-state index is 0.144. The molecule has 4 aromatic rings. The van der Waals surface area contributed by atoms with E-state index >= 15 is 0 Å². The molecule has 5 rings (SSSR count). The molecule has 0 saturated carbocycles. The molecule has 9 heteroatoms. The van der Waals surface area contributed by atoms with Gasteiger partial charge in [-0.25, -0.2) is 19.9 Å². The standard InChI is InChI=1S/C16H16N8O/c1-23-15-10(3-2-4-17-15)12(22-23)11-7-24(5-6-25-11)16-13-14(19-8-18-13)20-9-21-16/h2-4,8-9,11H,5-7H2,1H3,(H,18,19,20,21). The highest BCUT2D eigenvalue weighted by atomic mass is 16.5. The molecule has 1 fully saturated rings. The van der Waals surface area contributed by atoms with Crippen LogP contribution in [0.1, 0.15) is 11.8 Å². The van der Waals surface area contributed by atoms with Crippen molar-refractivity contribution in [3.05, 3.63) is 36.7 Å². The van der Waals surface area contributed by atoms with E-state index in [1.165, 1.54) is 0 Å². The van der Waals surface area contributed by atoms with Crippen molar-refractivity contribution in [3.8, 4) is 0 Å². The highest BCUT2D eigenvalue weighted by Crippen LogP contribution is 2.30. The van der Waals surface area contributed by atoms with Crippen molar-refractivity contribution in [1.82, 2.24) is 34.7 Å². The Labute approximate surface area is 142 Å². The zero-order chi connectivity index (χ0) is 16.8. The second-order valence-electron chi connectivity index (χ2n) is 5.99. The molecule has 1 aliphatic rings. The van der Waals surface area contributed by atoms with Crippen molar-refractivity contribution in [3.63, 3.8) is 0 Å². The Hall–Kier alpha value is -3.07. The summed E-state index contributed by atoms with van der Waals surface area (Å²) >= 11 is 0. The number of morpholine rings is 1. The fourth-order valence-corrected chi connectivity index (χ4v) is 3.35. The van der Waals surface area contributed by atoms with Crippen LogP contribution in [0.5, 0.6) is 0 Å². The third-order valence-electron chi connectivity index (χ3n) is 4.50. The largest absolute Gasteiger partial charge is 0.368 e. The topological polar surface area (TPSA) is 97.6 Å². The van der Waals surface area contributed by atoms with Crippen LogP contribution < -0.4 is 4.90 Å². The van der Waals surface area contributed by atoms with Gasteiger partial charge in [0.2, 0.25) is 0 Å². The number of anilines is 1. The number of hydrogen-bond acceptors (Lipinski definition) is 7. The van der Waals surface area contributed by atoms with E-state index in [1.54, 1.807) is 23.5 Å². The minimum Gasteiger partial charge on any atom is -0.368 e. The van der Waals surface area contributed by atoms with Crippen molar-refractivity contribution < 1.29 is 4.74 Å². The number of H-pyrrole nitrogens is 1. The molecule has 0 aromatic carbocycles. The van der Waals surface area contributed by atoms with Crippen LogP contribution in [0.2, 0.25) is 0 Å². The lowest BCUT2D eigenvalue weighted by molar-refractivity contribution is 0.0374. The van der Waals surface area contributed by atoms with Gasteiger partial charge in [-0.2, -0.15) is 5.10 Å². The predicted octanol–water partition coefficient (Wildman–Crippen LogP) is 1.21. The van der Waals surface area contributed by atoms with Crippen LogP contribution in [0.3, 0.4) is 0 Å². The monoisotopic (exact) mass is 336 g/mol. The molecule has 0 bridgehead atoms. The van der Waals surface area contributed by atoms with Gasteiger partial charge in [-0.1, -0.05) is 0 Å². The lowest BCUT2D eigenvalue weighted by atomic mass is 10.1. The molecule has 0 spiro atoms. The maximum atomic E-state index is 6.02. The average molecular weight is 336 g/mol. The molecular formula is C16H16N8O. The average Bonchev–Trinajstić information content (AvgIpc) is 3.27. The first kappa shape index (κ1) is 14.3. The van der Waals surface area contributed by atoms with E-state index in [0.29, 0.717) is 18.8 Å². The molecule has 25 heavy (non-hydrogen) atoms. The molecule has 126 valence electrons. The lowest BCUT2D eigenvalue weighted by Crippen LogP contribution is -2.39. The van der Waals surface area contributed by atoms with Gasteiger partial charge in [0.05, 0.1) is 19.5 Å². The number of nitrogens with one attached hydrogen (secondary N) is 1. The fraction of sp³-hybridized carbons (Fsp3) is 0.312. The van der Waals surface area contributed by atoms with Gasteiger partial charge in [0.25, 0.3) is 0 Å². The quantitative estimate of drug-likeness (QED) is 0.587. The number of fused-ring (bicyclic) bond motifs is 2. The maximum Gasteiger partial charge on any atom is 0.182 e. The number of rotatable bonds is 2. The Morgan fingerprint density at radius 3 is 3.16 bits per heavy atom. The summed E-state index contributed by atoms with van der Waals surface area (Å²) in [6, 6.07) is 3.96. The first-order valence-electron chi connectivity index (χ1n) is 8.09. The Kier molecular flexibility index (Phi) is 3.14. The summed E-state index contributed by atoms with van der Waals surface area (Å²) in [5.41, 5.74) is 3.28. The van der Waals surface area contributed by atoms with E-state index in [2.05, 4.69) is 34.9 Å². The molecular weight excluding hydrogens is 320 g/mol. The maximum absolute atomic E-state index is 6.02. The van der Waals surface area contributed by atoms with Gasteiger partial charge in [-0.3, -0.25) is 4.68 Å². The summed E-state index contributed by atoms with van der Waals surface area (Å²) in [5.74, 6) is 0.842. The zero-order valence-electron chi connectivity index (χ0n) is 13.6. The number of aromatic nitrogens is 7. The van der Waals surface area contributed by atoms with Gasteiger partial charge in [-0.15, -0.1) is 0 Å². The number of hydrogen-bond donors (Lipinski definition) is 1. The third-order valence-corrected chi connectivity index (χ3v) is 4.50. The molecule has 0 amide bonds. The van der Waals surface area contributed by atoms with Crippen LogP contribution >= 0.6 is 0 Å². The van der Waals surface area contributed by atoms with Gasteiger partial charge in [0.15, 0.2) is 17.1 Å². The summed E-state index contributed by atoms with van der Waals surface area (Å²) in [6.07, 6.45) is 4.81. The molecule has 5 heterocycles. The van der Waals surface area contributed by atoms with Gasteiger partial charge in [0, 0.05) is 25.2 Å². The zero-order valence-corrected chi connectivity index (χ0v) is 13.6. The summed E-state index contributed by atoms with van der Waals surface area (Å²) < 4.78 is 7.81. The van der Waals surface area contributed by atoms with E-state index in [4.69, 9.17) is 4.74 Å². The summed E-state index contributed by atoms with van der Waals surface area (Å²) in [7, 11) is 1.90. The van der Waals surface area contributed by atoms with Crippen LogP contribution in [0.4, 0.5) is 5.82 Å². The smallest absolute Gasteiger partial charge is 0.182 e. The van der Waals surface area contributed by atoms with Crippen LogP contribution in [0.15, 0.2) is 31.0 Å². The van der Waals surface area contributed by atoms with E-state index < -0.39 is 0 Å². The normalized spacial score (nSPS) is 18.3. The minimum atomic E-state index is -0.144. The molecule has 1 unspecified atom stereocenters. The Bertz CT molecular complexity index is 1050. The number of aryl methyl sites for hydroxylation is 1. The van der Waals surface area contributed by atoms with Crippen molar-refractivity contribution >= 4 is 28.0 Å². The van der Waals surface area contributed by atoms with Gasteiger partial charge in [-0.05, 0) is 12.1 Å². The van der Waals surface area contributed by atoms with E-state index in [9.17, 15) is 0 Å². The molecule has 1 aliphatic heterocycles. The molecule has 1 N–H and O–H groups in total. The summed E-state index contributed by atoms with van der Waals surface area (Å²) in [4.78, 5) is 22.6. The second kappa shape index (κ2) is 5.49. The number of imidazole rings is 1. The fourth-order valence-electron chi connectivity index (χ4n) is 3.35. The number of pyridine rings is 1. The lowest BCUT2D eigenvalue weighted by Gasteiger charge is -2.33. The highest BCUT2D eigenvalue weighted by molar-refractivity contribution is 5.83. The van der Waals surface area contributed by atoms with E-state index in [-0.39, 0.29) is 6.10 Å². The van der Waals surface area contributed by atoms with Crippen molar-refractivity contribution in [2.24, 2.45) is 7.05 Å². The molecule has 9 nitrogen and oxygen atoms in total. The van der Waals surface area contributed by atoms with Gasteiger partial charge < -0.3 is 14.6 Å². The van der Waals surface area contributed by atoms with Crippen molar-refractivity contribution in [1.29, 1.82) is 0 Å². The van der Waals surface area contributed by atoms with Gasteiger partial charge >= 0.3 is 0 Å². The summed E-state index contributed by atoms with van der Waals surface area (Å²) in [6.45, 7) is 2.01. The number of nitrogens with zero attached hydrogens (tertiary/aromatic N) is 7. The number of ether oxygens (including phenoxy) is 1. The Morgan fingerprint density at radius 1 is 1.24 bits per heavy atom. The molecule has 1 atom stereocenters. The number of aromatic amines is 1. The van der Waals surface area contributed by atoms with Gasteiger partial charge in [0.1, 0.15) is 23.6 Å². The SMILES string of the molecule is Cn1nc(C2CN(c3ncnc4nc[nH]c34)CCO2)c2cccnc21. The second-order valence-corrected chi connectivity index (χ2v) is 5.99. The van der Waals surface area contributed by atoms with Crippen molar-refractivity contribution in [2.75, 3.05) is 24.6 Å². The third kappa shape index (κ3) is 2.23. The molecule has 0 radical (unpaired) electrons. The van der Waals surface area contributed by atoms with Crippen LogP contribution in [-0.2, 0) is 11.8 Å². The first-order chi connectivity index (χ1) is 12.3. The summed E-state index contributed by atoms with van der Waals surface area (Å²) in [5, 5.41) is 5.66.